The molecule has 0 bridgehead atoms. The number of carbonyl (C=O) groups is 1. The Morgan fingerprint density at radius 3 is 2.60 bits per heavy atom. The molecule has 132 valence electrons. The topological polar surface area (TPSA) is 60.9 Å². The number of pyridine rings is 1. The maximum absolute atomic E-state index is 12.2. The Bertz CT molecular complexity index is 776. The van der Waals surface area contributed by atoms with Crippen LogP contribution in [0.1, 0.15) is 28.4 Å². The summed E-state index contributed by atoms with van der Waals surface area (Å²) in [5.74, 6) is 1.75. The summed E-state index contributed by atoms with van der Waals surface area (Å²) in [4.78, 5) is 18.7. The van der Waals surface area contributed by atoms with E-state index < -0.39 is 0 Å². The van der Waals surface area contributed by atoms with Crippen LogP contribution < -0.4 is 14.4 Å². The molecule has 0 saturated heterocycles. The van der Waals surface area contributed by atoms with E-state index in [0.29, 0.717) is 30.3 Å². The van der Waals surface area contributed by atoms with Gasteiger partial charge in [0, 0.05) is 19.3 Å². The van der Waals surface area contributed by atoms with Crippen LogP contribution in [0.4, 0.5) is 5.82 Å². The van der Waals surface area contributed by atoms with Gasteiger partial charge in [-0.25, -0.2) is 9.78 Å². The number of benzene rings is 1. The summed E-state index contributed by atoms with van der Waals surface area (Å²) in [5.41, 5.74) is 2.86. The minimum absolute atomic E-state index is 0.340. The summed E-state index contributed by atoms with van der Waals surface area (Å²) >= 11 is 0. The zero-order valence-electron chi connectivity index (χ0n) is 14.7. The van der Waals surface area contributed by atoms with Gasteiger partial charge in [0.25, 0.3) is 0 Å². The molecule has 0 spiro atoms. The van der Waals surface area contributed by atoms with E-state index in [-0.39, 0.29) is 5.97 Å². The highest BCUT2D eigenvalue weighted by molar-refractivity contribution is 5.94. The first kappa shape index (κ1) is 17.1. The first-order valence-electron chi connectivity index (χ1n) is 8.28. The quantitative estimate of drug-likeness (QED) is 0.779. The second kappa shape index (κ2) is 7.42. The largest absolute Gasteiger partial charge is 0.493 e. The van der Waals surface area contributed by atoms with Crippen LogP contribution in [0, 0.1) is 0 Å². The molecule has 6 heteroatoms. The lowest BCUT2D eigenvalue weighted by Crippen LogP contribution is -2.32. The fourth-order valence-electron chi connectivity index (χ4n) is 3.08. The molecule has 6 nitrogen and oxygen atoms in total. The third kappa shape index (κ3) is 3.38. The third-order valence-corrected chi connectivity index (χ3v) is 4.30. The van der Waals surface area contributed by atoms with Gasteiger partial charge >= 0.3 is 5.97 Å². The molecule has 0 saturated carbocycles. The van der Waals surface area contributed by atoms with E-state index in [0.717, 1.165) is 24.3 Å². The van der Waals surface area contributed by atoms with Gasteiger partial charge in [-0.15, -0.1) is 0 Å². The van der Waals surface area contributed by atoms with Gasteiger partial charge < -0.3 is 19.1 Å². The normalized spacial score (nSPS) is 13.2. The van der Waals surface area contributed by atoms with Crippen LogP contribution in [0.5, 0.6) is 11.5 Å². The molecular formula is C19H22N2O4. The van der Waals surface area contributed by atoms with Crippen LogP contribution in [0.25, 0.3) is 0 Å². The summed E-state index contributed by atoms with van der Waals surface area (Å²) in [7, 11) is 3.27. The standard InChI is InChI=1S/C19H22N2O4/c1-4-25-19(22)15-6-5-8-20-18(15)21-9-7-13-10-16(23-2)17(24-3)11-14(13)12-21/h5-6,8,10-11H,4,7,9,12H2,1-3H3. The first-order valence-corrected chi connectivity index (χ1v) is 8.28. The molecule has 3 rings (SSSR count). The van der Waals surface area contributed by atoms with E-state index in [4.69, 9.17) is 14.2 Å². The molecule has 1 aliphatic heterocycles. The number of methoxy groups -OCH3 is 2. The smallest absolute Gasteiger partial charge is 0.341 e. The van der Waals surface area contributed by atoms with Crippen molar-refractivity contribution in [2.45, 2.75) is 19.9 Å². The van der Waals surface area contributed by atoms with E-state index in [1.807, 2.05) is 12.1 Å². The maximum atomic E-state index is 12.2. The highest BCUT2D eigenvalue weighted by atomic mass is 16.5. The summed E-state index contributed by atoms with van der Waals surface area (Å²) in [5, 5.41) is 0. The predicted molar refractivity (Wildman–Crippen MR) is 94.5 cm³/mol. The molecule has 0 radical (unpaired) electrons. The lowest BCUT2D eigenvalue weighted by atomic mass is 9.98. The van der Waals surface area contributed by atoms with E-state index in [9.17, 15) is 4.79 Å². The van der Waals surface area contributed by atoms with Crippen LogP contribution >= 0.6 is 0 Å². The Hall–Kier alpha value is -2.76. The van der Waals surface area contributed by atoms with Crippen molar-refractivity contribution in [3.63, 3.8) is 0 Å². The summed E-state index contributed by atoms with van der Waals surface area (Å²) in [6.07, 6.45) is 2.54. The monoisotopic (exact) mass is 342 g/mol. The van der Waals surface area contributed by atoms with Gasteiger partial charge in [0.15, 0.2) is 11.5 Å². The average molecular weight is 342 g/mol. The van der Waals surface area contributed by atoms with Crippen molar-refractivity contribution in [1.82, 2.24) is 4.98 Å². The summed E-state index contributed by atoms with van der Waals surface area (Å²) in [6.45, 7) is 3.56. The van der Waals surface area contributed by atoms with Crippen molar-refractivity contribution in [3.8, 4) is 11.5 Å². The Morgan fingerprint density at radius 1 is 1.20 bits per heavy atom. The third-order valence-electron chi connectivity index (χ3n) is 4.30. The van der Waals surface area contributed by atoms with Crippen molar-refractivity contribution in [1.29, 1.82) is 0 Å². The van der Waals surface area contributed by atoms with Crippen LogP contribution in [-0.4, -0.2) is 38.3 Å². The van der Waals surface area contributed by atoms with Crippen molar-refractivity contribution in [3.05, 3.63) is 47.2 Å². The van der Waals surface area contributed by atoms with E-state index in [1.165, 1.54) is 5.56 Å². The molecule has 1 aliphatic rings. The SMILES string of the molecule is CCOC(=O)c1cccnc1N1CCc2cc(OC)c(OC)cc2C1. The highest BCUT2D eigenvalue weighted by Crippen LogP contribution is 2.34. The highest BCUT2D eigenvalue weighted by Gasteiger charge is 2.24. The number of nitrogens with zero attached hydrogens (tertiary/aromatic N) is 2. The van der Waals surface area contributed by atoms with E-state index in [1.54, 1.807) is 39.5 Å². The minimum atomic E-state index is -0.344. The van der Waals surface area contributed by atoms with Gasteiger partial charge in [0.05, 0.1) is 20.8 Å². The number of rotatable bonds is 5. The number of fused-ring (bicyclic) bond motifs is 1. The van der Waals surface area contributed by atoms with Gasteiger partial charge in [-0.05, 0) is 48.7 Å². The number of hydrogen-bond donors (Lipinski definition) is 0. The van der Waals surface area contributed by atoms with Crippen molar-refractivity contribution in [2.75, 3.05) is 32.3 Å². The molecule has 1 aromatic heterocycles. The van der Waals surface area contributed by atoms with Gasteiger partial charge in [-0.3, -0.25) is 0 Å². The average Bonchev–Trinajstić information content (AvgIpc) is 2.66. The van der Waals surface area contributed by atoms with Crippen molar-refractivity contribution < 1.29 is 19.0 Å². The Labute approximate surface area is 147 Å². The molecule has 1 aromatic carbocycles. The number of aromatic nitrogens is 1. The minimum Gasteiger partial charge on any atom is -0.493 e. The predicted octanol–water partition coefficient (Wildman–Crippen LogP) is 2.84. The van der Waals surface area contributed by atoms with Crippen LogP contribution in [-0.2, 0) is 17.7 Å². The molecule has 25 heavy (non-hydrogen) atoms. The molecule has 2 heterocycles. The van der Waals surface area contributed by atoms with Gasteiger partial charge in [0.1, 0.15) is 11.4 Å². The number of carbonyl (C=O) groups excluding carboxylic acids is 1. The molecule has 0 amide bonds. The van der Waals surface area contributed by atoms with E-state index >= 15 is 0 Å². The molecule has 2 aromatic rings. The van der Waals surface area contributed by atoms with Gasteiger partial charge in [-0.2, -0.15) is 0 Å². The second-order valence-electron chi connectivity index (χ2n) is 5.74. The number of anilines is 1. The summed E-state index contributed by atoms with van der Waals surface area (Å²) < 4.78 is 15.9. The Balaban J connectivity index is 1.92. The maximum Gasteiger partial charge on any atom is 0.341 e. The molecule has 0 unspecified atom stereocenters. The van der Waals surface area contributed by atoms with Crippen molar-refractivity contribution in [2.24, 2.45) is 0 Å². The van der Waals surface area contributed by atoms with Gasteiger partial charge in [-0.1, -0.05) is 0 Å². The zero-order valence-corrected chi connectivity index (χ0v) is 14.7. The number of esters is 1. The van der Waals surface area contributed by atoms with Gasteiger partial charge in [0.2, 0.25) is 0 Å². The van der Waals surface area contributed by atoms with Crippen LogP contribution in [0.2, 0.25) is 0 Å². The lowest BCUT2D eigenvalue weighted by molar-refractivity contribution is 0.0526. The molecule has 0 aliphatic carbocycles. The molecule has 0 atom stereocenters. The van der Waals surface area contributed by atoms with Crippen molar-refractivity contribution >= 4 is 11.8 Å². The number of hydrogen-bond acceptors (Lipinski definition) is 6. The fraction of sp³-hybridized carbons (Fsp3) is 0.368. The van der Waals surface area contributed by atoms with E-state index in [2.05, 4.69) is 9.88 Å². The fourth-order valence-corrected chi connectivity index (χ4v) is 3.08. The molecule has 0 N–H and O–H groups in total. The second-order valence-corrected chi connectivity index (χ2v) is 5.74. The Kier molecular flexibility index (Phi) is 5.07. The first-order chi connectivity index (χ1) is 12.2. The molecular weight excluding hydrogens is 320 g/mol. The Morgan fingerprint density at radius 2 is 1.92 bits per heavy atom. The lowest BCUT2D eigenvalue weighted by Gasteiger charge is -2.31. The molecule has 0 fully saturated rings. The zero-order chi connectivity index (χ0) is 17.8. The number of ether oxygens (including phenoxy) is 3. The summed E-state index contributed by atoms with van der Waals surface area (Å²) in [6, 6.07) is 7.52. The van der Waals surface area contributed by atoms with Crippen LogP contribution in [0.15, 0.2) is 30.5 Å². The van der Waals surface area contributed by atoms with Crippen LogP contribution in [0.3, 0.4) is 0 Å².